The molecule has 39 heavy (non-hydrogen) atoms. The number of rotatable bonds is 7. The van der Waals surface area contributed by atoms with Gasteiger partial charge in [-0.25, -0.2) is 4.98 Å². The van der Waals surface area contributed by atoms with E-state index in [1.54, 1.807) is 4.57 Å². The Kier molecular flexibility index (Phi) is 6.23. The van der Waals surface area contributed by atoms with E-state index in [9.17, 15) is 9.90 Å². The van der Waals surface area contributed by atoms with E-state index in [4.69, 9.17) is 4.98 Å². The quantitative estimate of drug-likeness (QED) is 0.220. The molecule has 1 N–H and O–H groups in total. The molecule has 0 fully saturated rings. The summed E-state index contributed by atoms with van der Waals surface area (Å²) in [6.45, 7) is 7.45. The maximum Gasteiger partial charge on any atom is 0.314 e. The highest BCUT2D eigenvalue weighted by molar-refractivity contribution is 6.03. The van der Waals surface area contributed by atoms with E-state index in [-0.39, 0.29) is 11.6 Å². The Hall–Kier alpha value is -4.72. The minimum absolute atomic E-state index is 0.00691. The Labute approximate surface area is 225 Å². The molecule has 0 saturated carbocycles. The molecule has 1 amide bonds. The number of para-hydroxylation sites is 2. The number of nitrogens with zero attached hydrogens (tertiary/aromatic N) is 6. The first-order valence-electron chi connectivity index (χ1n) is 13.4. The molecule has 3 aromatic carbocycles. The standard InChI is InChI=1S/C31H30N6O2/c1-4-6-18-36-24-14-10-11-15-25(24)37-28(26(32-31(36)37)21-12-8-7-9-13-21)29(38)34-33-27-22-19-20(3)16-17-23(22)35(5-2)30(27)39/h7-17,19,39H,4-6,18H2,1-3H3. The van der Waals surface area contributed by atoms with Crippen molar-refractivity contribution in [3.8, 4) is 17.1 Å². The maximum absolute atomic E-state index is 13.9. The van der Waals surface area contributed by atoms with E-state index < -0.39 is 5.91 Å². The summed E-state index contributed by atoms with van der Waals surface area (Å²) in [5.41, 5.74) is 5.79. The van der Waals surface area contributed by atoms with Crippen molar-refractivity contribution in [1.82, 2.24) is 18.5 Å². The van der Waals surface area contributed by atoms with Crippen molar-refractivity contribution in [3.05, 3.63) is 84.1 Å². The molecule has 0 aliphatic heterocycles. The third-order valence-corrected chi connectivity index (χ3v) is 7.22. The predicted molar refractivity (Wildman–Crippen MR) is 154 cm³/mol. The number of carbonyl (C=O) groups excluding carboxylic acids is 1. The van der Waals surface area contributed by atoms with Gasteiger partial charge in [0, 0.05) is 24.0 Å². The van der Waals surface area contributed by atoms with Crippen LogP contribution in [0.15, 0.2) is 83.0 Å². The molecule has 3 aromatic heterocycles. The number of hydrogen-bond donors (Lipinski definition) is 1. The van der Waals surface area contributed by atoms with Gasteiger partial charge in [0.15, 0.2) is 5.69 Å². The summed E-state index contributed by atoms with van der Waals surface area (Å²) in [5, 5.41) is 20.2. The lowest BCUT2D eigenvalue weighted by Crippen LogP contribution is -2.02. The van der Waals surface area contributed by atoms with Crippen LogP contribution in [0.25, 0.3) is 39.0 Å². The average molecular weight is 519 g/mol. The second-order valence-corrected chi connectivity index (χ2v) is 9.75. The maximum atomic E-state index is 13.9. The SMILES string of the molecule is CCCCn1c2ccccc2n2c(C(=O)N=Nc3c(O)n(CC)c4ccc(C)cc34)c(-c3ccccc3)nc12. The molecule has 3 heterocycles. The molecule has 6 rings (SSSR count). The molecule has 0 atom stereocenters. The van der Waals surface area contributed by atoms with Crippen molar-refractivity contribution < 1.29 is 9.90 Å². The fourth-order valence-electron chi connectivity index (χ4n) is 5.34. The van der Waals surface area contributed by atoms with Crippen molar-refractivity contribution in [2.24, 2.45) is 10.2 Å². The van der Waals surface area contributed by atoms with E-state index in [0.29, 0.717) is 23.7 Å². The molecule has 8 heteroatoms. The number of carbonyl (C=O) groups is 1. The summed E-state index contributed by atoms with van der Waals surface area (Å²) in [4.78, 5) is 18.9. The van der Waals surface area contributed by atoms with Crippen molar-refractivity contribution in [2.75, 3.05) is 0 Å². The minimum atomic E-state index is -0.524. The van der Waals surface area contributed by atoms with Gasteiger partial charge in [-0.2, -0.15) is 0 Å². The second kappa shape index (κ2) is 9.87. The van der Waals surface area contributed by atoms with Gasteiger partial charge in [0.1, 0.15) is 11.4 Å². The molecule has 0 spiro atoms. The number of azo groups is 1. The molecule has 0 aliphatic carbocycles. The average Bonchev–Trinajstić information content (AvgIpc) is 3.57. The fraction of sp³-hybridized carbons (Fsp3) is 0.226. The van der Waals surface area contributed by atoms with Gasteiger partial charge in [0.25, 0.3) is 0 Å². The number of fused-ring (bicyclic) bond motifs is 4. The van der Waals surface area contributed by atoms with Gasteiger partial charge in [-0.15, -0.1) is 10.2 Å². The Balaban J connectivity index is 1.57. The van der Waals surface area contributed by atoms with Gasteiger partial charge in [0.2, 0.25) is 11.7 Å². The summed E-state index contributed by atoms with van der Waals surface area (Å²) < 4.78 is 5.83. The molecule has 0 unspecified atom stereocenters. The highest BCUT2D eigenvalue weighted by Crippen LogP contribution is 2.39. The largest absolute Gasteiger partial charge is 0.493 e. The van der Waals surface area contributed by atoms with Crippen LogP contribution in [-0.4, -0.2) is 29.5 Å². The third-order valence-electron chi connectivity index (χ3n) is 7.22. The summed E-state index contributed by atoms with van der Waals surface area (Å²) in [6, 6.07) is 23.6. The zero-order valence-corrected chi connectivity index (χ0v) is 22.3. The molecule has 0 bridgehead atoms. The zero-order chi connectivity index (χ0) is 27.1. The molecular weight excluding hydrogens is 488 g/mol. The fourth-order valence-corrected chi connectivity index (χ4v) is 5.34. The van der Waals surface area contributed by atoms with E-state index >= 15 is 0 Å². The number of hydrogen-bond acceptors (Lipinski definition) is 4. The highest BCUT2D eigenvalue weighted by Gasteiger charge is 2.26. The Bertz CT molecular complexity index is 1870. The molecule has 0 saturated heterocycles. The van der Waals surface area contributed by atoms with Crippen LogP contribution in [0.5, 0.6) is 5.88 Å². The third kappa shape index (κ3) is 4.00. The van der Waals surface area contributed by atoms with Crippen LogP contribution in [-0.2, 0) is 13.1 Å². The minimum Gasteiger partial charge on any atom is -0.493 e. The lowest BCUT2D eigenvalue weighted by molar-refractivity contribution is 0.0990. The van der Waals surface area contributed by atoms with E-state index in [1.165, 1.54) is 0 Å². The topological polar surface area (TPSA) is 89.2 Å². The number of imidazole rings is 2. The van der Waals surface area contributed by atoms with Gasteiger partial charge in [-0.3, -0.25) is 9.20 Å². The normalized spacial score (nSPS) is 12.0. The van der Waals surface area contributed by atoms with Gasteiger partial charge in [-0.05, 0) is 44.5 Å². The number of aryl methyl sites for hydroxylation is 3. The van der Waals surface area contributed by atoms with Crippen LogP contribution in [0.1, 0.15) is 42.7 Å². The number of aromatic nitrogens is 4. The first kappa shape index (κ1) is 24.6. The van der Waals surface area contributed by atoms with Crippen molar-refractivity contribution >= 4 is 39.3 Å². The monoisotopic (exact) mass is 518 g/mol. The number of benzene rings is 3. The van der Waals surface area contributed by atoms with Crippen LogP contribution in [0.4, 0.5) is 5.69 Å². The number of aromatic hydroxyl groups is 1. The Morgan fingerprint density at radius 3 is 2.41 bits per heavy atom. The van der Waals surface area contributed by atoms with Gasteiger partial charge in [-0.1, -0.05) is 67.4 Å². The zero-order valence-electron chi connectivity index (χ0n) is 22.3. The first-order valence-corrected chi connectivity index (χ1v) is 13.4. The number of amides is 1. The summed E-state index contributed by atoms with van der Waals surface area (Å²) in [7, 11) is 0. The van der Waals surface area contributed by atoms with E-state index in [2.05, 4.69) is 27.8 Å². The molecule has 0 aliphatic rings. The molecule has 6 aromatic rings. The second-order valence-electron chi connectivity index (χ2n) is 9.75. The Morgan fingerprint density at radius 2 is 1.67 bits per heavy atom. The van der Waals surface area contributed by atoms with Crippen LogP contribution in [0.3, 0.4) is 0 Å². The van der Waals surface area contributed by atoms with E-state index in [0.717, 1.165) is 52.4 Å². The van der Waals surface area contributed by atoms with Crippen LogP contribution >= 0.6 is 0 Å². The smallest absolute Gasteiger partial charge is 0.314 e. The Morgan fingerprint density at radius 1 is 0.923 bits per heavy atom. The van der Waals surface area contributed by atoms with Gasteiger partial charge >= 0.3 is 5.91 Å². The summed E-state index contributed by atoms with van der Waals surface area (Å²) in [6.07, 6.45) is 2.03. The van der Waals surface area contributed by atoms with Gasteiger partial charge < -0.3 is 14.2 Å². The highest BCUT2D eigenvalue weighted by atomic mass is 16.3. The molecule has 196 valence electrons. The first-order chi connectivity index (χ1) is 19.0. The van der Waals surface area contributed by atoms with Crippen LogP contribution in [0.2, 0.25) is 0 Å². The molecular formula is C31H30N6O2. The summed E-state index contributed by atoms with van der Waals surface area (Å²) >= 11 is 0. The number of unbranched alkanes of at least 4 members (excludes halogenated alkanes) is 1. The van der Waals surface area contributed by atoms with Crippen molar-refractivity contribution in [2.45, 2.75) is 46.7 Å². The lowest BCUT2D eigenvalue weighted by atomic mass is 10.1. The summed E-state index contributed by atoms with van der Waals surface area (Å²) in [5.74, 6) is 0.167. The lowest BCUT2D eigenvalue weighted by Gasteiger charge is -2.04. The van der Waals surface area contributed by atoms with Crippen molar-refractivity contribution in [3.63, 3.8) is 0 Å². The molecule has 0 radical (unpaired) electrons. The van der Waals surface area contributed by atoms with Crippen LogP contribution in [0, 0.1) is 6.92 Å². The molecule has 8 nitrogen and oxygen atoms in total. The predicted octanol–water partition coefficient (Wildman–Crippen LogP) is 7.67. The van der Waals surface area contributed by atoms with E-state index in [1.807, 2.05) is 85.0 Å². The van der Waals surface area contributed by atoms with Crippen LogP contribution < -0.4 is 0 Å². The van der Waals surface area contributed by atoms with Crippen molar-refractivity contribution in [1.29, 1.82) is 0 Å². The van der Waals surface area contributed by atoms with Gasteiger partial charge in [0.05, 0.1) is 16.6 Å².